The van der Waals surface area contributed by atoms with Gasteiger partial charge in [-0.15, -0.1) is 0 Å². The third-order valence-corrected chi connectivity index (χ3v) is 3.35. The fourth-order valence-electron chi connectivity index (χ4n) is 1.84. The zero-order valence-corrected chi connectivity index (χ0v) is 11.4. The number of benzene rings is 2. The smallest absolute Gasteiger partial charge is 0.123 e. The van der Waals surface area contributed by atoms with Crippen molar-refractivity contribution in [2.45, 2.75) is 6.04 Å². The molecule has 2 aromatic rings. The Kier molecular flexibility index (Phi) is 4.12. The number of rotatable bonds is 3. The first-order chi connectivity index (χ1) is 8.63. The van der Waals surface area contributed by atoms with E-state index in [9.17, 15) is 0 Å². The summed E-state index contributed by atoms with van der Waals surface area (Å²) in [5, 5.41) is 1.21. The number of nitrogens with two attached hydrogens (primary N) is 1. The molecule has 2 nitrogen and oxygen atoms in total. The van der Waals surface area contributed by atoms with Crippen molar-refractivity contribution in [3.05, 3.63) is 63.6 Å². The summed E-state index contributed by atoms with van der Waals surface area (Å²) in [4.78, 5) is 0. The first-order valence-corrected chi connectivity index (χ1v) is 6.22. The molecule has 1 unspecified atom stereocenters. The van der Waals surface area contributed by atoms with Crippen molar-refractivity contribution in [3.63, 3.8) is 0 Å². The molecule has 0 spiro atoms. The Morgan fingerprint density at radius 2 is 1.78 bits per heavy atom. The van der Waals surface area contributed by atoms with Gasteiger partial charge in [0.2, 0.25) is 0 Å². The molecule has 0 aromatic heterocycles. The largest absolute Gasteiger partial charge is 0.496 e. The predicted molar refractivity (Wildman–Crippen MR) is 75.5 cm³/mol. The molecule has 2 rings (SSSR count). The normalized spacial score (nSPS) is 12.2. The maximum Gasteiger partial charge on any atom is 0.123 e. The van der Waals surface area contributed by atoms with E-state index >= 15 is 0 Å². The van der Waals surface area contributed by atoms with E-state index in [0.717, 1.165) is 16.9 Å². The average molecular weight is 282 g/mol. The Labute approximate surface area is 116 Å². The summed E-state index contributed by atoms with van der Waals surface area (Å²) in [5.41, 5.74) is 7.90. The highest BCUT2D eigenvalue weighted by atomic mass is 35.5. The maximum absolute atomic E-state index is 6.24. The zero-order chi connectivity index (χ0) is 13.1. The van der Waals surface area contributed by atoms with E-state index in [1.165, 1.54) is 0 Å². The summed E-state index contributed by atoms with van der Waals surface area (Å²) in [6.45, 7) is 0. The molecule has 1 atom stereocenters. The van der Waals surface area contributed by atoms with E-state index in [1.807, 2.05) is 24.3 Å². The van der Waals surface area contributed by atoms with Gasteiger partial charge in [-0.05, 0) is 29.8 Å². The van der Waals surface area contributed by atoms with Crippen molar-refractivity contribution < 1.29 is 4.74 Å². The van der Waals surface area contributed by atoms with Gasteiger partial charge in [-0.3, -0.25) is 0 Å². The SMILES string of the molecule is COc1ccccc1C(N)c1cc(Cl)ccc1Cl. The monoisotopic (exact) mass is 281 g/mol. The van der Waals surface area contributed by atoms with Crippen LogP contribution in [0.1, 0.15) is 17.2 Å². The first-order valence-electron chi connectivity index (χ1n) is 5.47. The summed E-state index contributed by atoms with van der Waals surface area (Å²) < 4.78 is 5.30. The molecule has 0 heterocycles. The van der Waals surface area contributed by atoms with Crippen molar-refractivity contribution in [1.82, 2.24) is 0 Å². The molecule has 0 bridgehead atoms. The Morgan fingerprint density at radius 3 is 2.50 bits per heavy atom. The minimum absolute atomic E-state index is 0.368. The quantitative estimate of drug-likeness (QED) is 0.921. The Morgan fingerprint density at radius 1 is 1.06 bits per heavy atom. The second-order valence-electron chi connectivity index (χ2n) is 3.89. The van der Waals surface area contributed by atoms with Crippen LogP contribution in [0.15, 0.2) is 42.5 Å². The van der Waals surface area contributed by atoms with Crippen molar-refractivity contribution >= 4 is 23.2 Å². The predicted octanol–water partition coefficient (Wildman–Crippen LogP) is 4.05. The van der Waals surface area contributed by atoms with Gasteiger partial charge in [-0.25, -0.2) is 0 Å². The molecule has 4 heteroatoms. The lowest BCUT2D eigenvalue weighted by Crippen LogP contribution is -2.13. The van der Waals surface area contributed by atoms with Gasteiger partial charge in [0.25, 0.3) is 0 Å². The summed E-state index contributed by atoms with van der Waals surface area (Å²) in [6, 6.07) is 12.5. The fourth-order valence-corrected chi connectivity index (χ4v) is 2.26. The van der Waals surface area contributed by atoms with Crippen molar-refractivity contribution in [2.75, 3.05) is 7.11 Å². The third kappa shape index (κ3) is 2.61. The first kappa shape index (κ1) is 13.2. The number of halogens is 2. The van der Waals surface area contributed by atoms with Crippen LogP contribution in [0.2, 0.25) is 10.0 Å². The van der Waals surface area contributed by atoms with Crippen LogP contribution in [0.3, 0.4) is 0 Å². The molecule has 0 aliphatic carbocycles. The van der Waals surface area contributed by atoms with E-state index in [0.29, 0.717) is 10.0 Å². The molecule has 0 aliphatic rings. The lowest BCUT2D eigenvalue weighted by atomic mass is 9.99. The molecule has 0 saturated carbocycles. The molecule has 94 valence electrons. The van der Waals surface area contributed by atoms with Crippen molar-refractivity contribution in [1.29, 1.82) is 0 Å². The lowest BCUT2D eigenvalue weighted by molar-refractivity contribution is 0.408. The molecule has 0 aliphatic heterocycles. The highest BCUT2D eigenvalue weighted by Gasteiger charge is 2.16. The molecular weight excluding hydrogens is 269 g/mol. The third-order valence-electron chi connectivity index (χ3n) is 2.77. The van der Waals surface area contributed by atoms with Crippen LogP contribution in [0, 0.1) is 0 Å². The van der Waals surface area contributed by atoms with E-state index in [-0.39, 0.29) is 6.04 Å². The Bertz CT molecular complexity index is 557. The van der Waals surface area contributed by atoms with Crippen molar-refractivity contribution in [2.24, 2.45) is 5.73 Å². The van der Waals surface area contributed by atoms with Crippen LogP contribution < -0.4 is 10.5 Å². The molecular formula is C14H13Cl2NO. The van der Waals surface area contributed by atoms with Crippen LogP contribution in [-0.2, 0) is 0 Å². The Balaban J connectivity index is 2.47. The van der Waals surface area contributed by atoms with Gasteiger partial charge < -0.3 is 10.5 Å². The van der Waals surface area contributed by atoms with Gasteiger partial charge >= 0.3 is 0 Å². The average Bonchev–Trinajstić information content (AvgIpc) is 2.40. The molecule has 0 saturated heterocycles. The second kappa shape index (κ2) is 5.61. The minimum Gasteiger partial charge on any atom is -0.496 e. The fraction of sp³-hybridized carbons (Fsp3) is 0.143. The highest BCUT2D eigenvalue weighted by Crippen LogP contribution is 2.33. The van der Waals surface area contributed by atoms with E-state index in [4.69, 9.17) is 33.7 Å². The van der Waals surface area contributed by atoms with Gasteiger partial charge in [-0.2, -0.15) is 0 Å². The summed E-state index contributed by atoms with van der Waals surface area (Å²) in [7, 11) is 1.62. The van der Waals surface area contributed by atoms with Crippen molar-refractivity contribution in [3.8, 4) is 5.75 Å². The van der Waals surface area contributed by atoms with Crippen LogP contribution in [-0.4, -0.2) is 7.11 Å². The lowest BCUT2D eigenvalue weighted by Gasteiger charge is -2.17. The molecule has 0 radical (unpaired) electrons. The number of hydrogen-bond acceptors (Lipinski definition) is 2. The molecule has 2 aromatic carbocycles. The van der Waals surface area contributed by atoms with E-state index in [1.54, 1.807) is 25.3 Å². The topological polar surface area (TPSA) is 35.2 Å². The van der Waals surface area contributed by atoms with Crippen LogP contribution in [0.4, 0.5) is 0 Å². The van der Waals surface area contributed by atoms with Crippen LogP contribution in [0.5, 0.6) is 5.75 Å². The van der Waals surface area contributed by atoms with Gasteiger partial charge in [-0.1, -0.05) is 41.4 Å². The van der Waals surface area contributed by atoms with Crippen LogP contribution in [0.25, 0.3) is 0 Å². The molecule has 18 heavy (non-hydrogen) atoms. The van der Waals surface area contributed by atoms with Gasteiger partial charge in [0.15, 0.2) is 0 Å². The van der Waals surface area contributed by atoms with Crippen LogP contribution >= 0.6 is 23.2 Å². The van der Waals surface area contributed by atoms with E-state index in [2.05, 4.69) is 0 Å². The van der Waals surface area contributed by atoms with E-state index < -0.39 is 0 Å². The number of para-hydroxylation sites is 1. The molecule has 0 amide bonds. The number of ether oxygens (including phenoxy) is 1. The molecule has 0 fully saturated rings. The Hall–Kier alpha value is -1.22. The summed E-state index contributed by atoms with van der Waals surface area (Å²) >= 11 is 12.1. The minimum atomic E-state index is -0.368. The number of hydrogen-bond donors (Lipinski definition) is 1. The van der Waals surface area contributed by atoms with Gasteiger partial charge in [0.1, 0.15) is 5.75 Å². The summed E-state index contributed by atoms with van der Waals surface area (Å²) in [5.74, 6) is 0.737. The summed E-state index contributed by atoms with van der Waals surface area (Å²) in [6.07, 6.45) is 0. The number of methoxy groups -OCH3 is 1. The molecule has 2 N–H and O–H groups in total. The van der Waals surface area contributed by atoms with Gasteiger partial charge in [0.05, 0.1) is 13.2 Å². The second-order valence-corrected chi connectivity index (χ2v) is 4.73. The highest BCUT2D eigenvalue weighted by molar-refractivity contribution is 6.33. The van der Waals surface area contributed by atoms with Gasteiger partial charge in [0, 0.05) is 15.6 Å². The zero-order valence-electron chi connectivity index (χ0n) is 9.86. The maximum atomic E-state index is 6.24. The standard InChI is InChI=1S/C14H13Cl2NO/c1-18-13-5-3-2-4-10(13)14(17)11-8-9(15)6-7-12(11)16/h2-8,14H,17H2,1H3.